The van der Waals surface area contributed by atoms with Gasteiger partial charge in [0.05, 0.1) is 4.91 Å². The SMILES string of the molecule is O=C(Cn1ccc2ccccc21)NCCN1C(=O)S/C(=C/c2ccccc2)C1=O. The first-order valence-corrected chi connectivity index (χ1v) is 10.0. The maximum atomic E-state index is 12.5. The number of fused-ring (bicyclic) bond motifs is 1. The van der Waals surface area contributed by atoms with Crippen LogP contribution in [0.25, 0.3) is 17.0 Å². The summed E-state index contributed by atoms with van der Waals surface area (Å²) in [6, 6.07) is 19.2. The predicted octanol–water partition coefficient (Wildman–Crippen LogP) is 3.49. The number of hydrogen-bond acceptors (Lipinski definition) is 4. The minimum atomic E-state index is -0.325. The summed E-state index contributed by atoms with van der Waals surface area (Å²) in [5.74, 6) is -0.493. The number of carbonyl (C=O) groups is 3. The van der Waals surface area contributed by atoms with Crippen LogP contribution >= 0.6 is 11.8 Å². The molecule has 1 aliphatic heterocycles. The fourth-order valence-electron chi connectivity index (χ4n) is 3.19. The number of para-hydroxylation sites is 1. The Morgan fingerprint density at radius 1 is 1.00 bits per heavy atom. The largest absolute Gasteiger partial charge is 0.353 e. The molecule has 3 aromatic rings. The van der Waals surface area contributed by atoms with Gasteiger partial charge in [0, 0.05) is 24.8 Å². The van der Waals surface area contributed by atoms with Crippen molar-refractivity contribution < 1.29 is 14.4 Å². The van der Waals surface area contributed by atoms with E-state index in [-0.39, 0.29) is 36.7 Å². The van der Waals surface area contributed by atoms with Crippen molar-refractivity contribution in [2.24, 2.45) is 0 Å². The van der Waals surface area contributed by atoms with Crippen molar-refractivity contribution >= 4 is 45.8 Å². The highest BCUT2D eigenvalue weighted by molar-refractivity contribution is 8.18. The molecule has 0 aliphatic carbocycles. The Kier molecular flexibility index (Phi) is 5.48. The van der Waals surface area contributed by atoms with E-state index in [4.69, 9.17) is 0 Å². The monoisotopic (exact) mass is 405 g/mol. The van der Waals surface area contributed by atoms with Gasteiger partial charge in [-0.15, -0.1) is 0 Å². The van der Waals surface area contributed by atoms with Crippen LogP contribution in [0.3, 0.4) is 0 Å². The standard InChI is InChI=1S/C22H19N3O3S/c26-20(15-24-12-10-17-8-4-5-9-18(17)24)23-11-13-25-21(27)19(29-22(25)28)14-16-6-2-1-3-7-16/h1-10,12,14H,11,13,15H2,(H,23,26)/b19-14+. The number of aromatic nitrogens is 1. The van der Waals surface area contributed by atoms with Gasteiger partial charge in [0.25, 0.3) is 11.1 Å². The van der Waals surface area contributed by atoms with Crippen LogP contribution in [-0.4, -0.2) is 39.6 Å². The zero-order valence-electron chi connectivity index (χ0n) is 15.6. The van der Waals surface area contributed by atoms with Crippen LogP contribution in [-0.2, 0) is 16.1 Å². The first-order valence-electron chi connectivity index (χ1n) is 9.23. The molecule has 1 fully saturated rings. The summed E-state index contributed by atoms with van der Waals surface area (Å²) in [6.07, 6.45) is 3.58. The summed E-state index contributed by atoms with van der Waals surface area (Å²) in [4.78, 5) is 38.5. The fourth-order valence-corrected chi connectivity index (χ4v) is 4.05. The molecule has 0 saturated carbocycles. The molecule has 6 nitrogen and oxygen atoms in total. The number of nitrogens with one attached hydrogen (secondary N) is 1. The van der Waals surface area contributed by atoms with Gasteiger partial charge in [-0.25, -0.2) is 0 Å². The molecule has 4 rings (SSSR count). The van der Waals surface area contributed by atoms with E-state index < -0.39 is 0 Å². The average molecular weight is 405 g/mol. The minimum absolute atomic E-state index is 0.148. The lowest BCUT2D eigenvalue weighted by molar-refractivity contribution is -0.124. The van der Waals surface area contributed by atoms with Crippen molar-refractivity contribution in [1.29, 1.82) is 0 Å². The molecular formula is C22H19N3O3S. The topological polar surface area (TPSA) is 71.4 Å². The van der Waals surface area contributed by atoms with Crippen molar-refractivity contribution in [3.8, 4) is 0 Å². The fraction of sp³-hybridized carbons (Fsp3) is 0.136. The maximum absolute atomic E-state index is 12.5. The molecule has 0 spiro atoms. The zero-order valence-corrected chi connectivity index (χ0v) is 16.4. The van der Waals surface area contributed by atoms with Crippen LogP contribution in [0.5, 0.6) is 0 Å². The number of carbonyl (C=O) groups excluding carboxylic acids is 3. The number of hydrogen-bond donors (Lipinski definition) is 1. The Bertz CT molecular complexity index is 1100. The normalized spacial score (nSPS) is 15.4. The molecule has 1 aromatic heterocycles. The van der Waals surface area contributed by atoms with Crippen LogP contribution in [0.2, 0.25) is 0 Å². The lowest BCUT2D eigenvalue weighted by Gasteiger charge is -2.13. The molecule has 0 bridgehead atoms. The van der Waals surface area contributed by atoms with Gasteiger partial charge < -0.3 is 9.88 Å². The minimum Gasteiger partial charge on any atom is -0.353 e. The molecule has 1 aliphatic rings. The van der Waals surface area contributed by atoms with Crippen LogP contribution in [0.4, 0.5) is 4.79 Å². The Morgan fingerprint density at radius 2 is 1.76 bits per heavy atom. The molecule has 29 heavy (non-hydrogen) atoms. The van der Waals surface area contributed by atoms with Gasteiger partial charge in [-0.05, 0) is 40.9 Å². The van der Waals surface area contributed by atoms with Gasteiger partial charge in [0.1, 0.15) is 6.54 Å². The number of amides is 3. The van der Waals surface area contributed by atoms with E-state index in [1.807, 2.05) is 71.4 Å². The zero-order chi connectivity index (χ0) is 20.2. The number of rotatable bonds is 6. The Labute approximate surface area is 172 Å². The van der Waals surface area contributed by atoms with Gasteiger partial charge in [-0.2, -0.15) is 0 Å². The van der Waals surface area contributed by atoms with E-state index in [1.165, 1.54) is 4.90 Å². The Morgan fingerprint density at radius 3 is 2.59 bits per heavy atom. The number of benzene rings is 2. The lowest BCUT2D eigenvalue weighted by Crippen LogP contribution is -2.38. The van der Waals surface area contributed by atoms with Crippen LogP contribution in [0.15, 0.2) is 71.8 Å². The van der Waals surface area contributed by atoms with E-state index in [1.54, 1.807) is 6.08 Å². The van der Waals surface area contributed by atoms with Gasteiger partial charge in [-0.1, -0.05) is 48.5 Å². The van der Waals surface area contributed by atoms with Crippen molar-refractivity contribution in [3.05, 3.63) is 77.3 Å². The average Bonchev–Trinajstić information content (AvgIpc) is 3.25. The smallest absolute Gasteiger partial charge is 0.293 e. The van der Waals surface area contributed by atoms with E-state index in [0.29, 0.717) is 4.91 Å². The molecule has 2 heterocycles. The molecule has 146 valence electrons. The Balaban J connectivity index is 1.32. The van der Waals surface area contributed by atoms with Gasteiger partial charge in [0.2, 0.25) is 5.91 Å². The molecule has 1 saturated heterocycles. The van der Waals surface area contributed by atoms with E-state index in [9.17, 15) is 14.4 Å². The second-order valence-corrected chi connectivity index (χ2v) is 7.59. The Hall–Kier alpha value is -3.32. The lowest BCUT2D eigenvalue weighted by atomic mass is 10.2. The molecule has 0 atom stereocenters. The second kappa shape index (κ2) is 8.36. The predicted molar refractivity (Wildman–Crippen MR) is 114 cm³/mol. The molecule has 0 unspecified atom stereocenters. The number of imide groups is 1. The first kappa shape index (κ1) is 19.0. The second-order valence-electron chi connectivity index (χ2n) is 6.60. The summed E-state index contributed by atoms with van der Waals surface area (Å²) in [5, 5.41) is 3.54. The number of thioether (sulfide) groups is 1. The van der Waals surface area contributed by atoms with E-state index >= 15 is 0 Å². The summed E-state index contributed by atoms with van der Waals surface area (Å²) in [5.41, 5.74) is 1.85. The van der Waals surface area contributed by atoms with Crippen LogP contribution < -0.4 is 5.32 Å². The highest BCUT2D eigenvalue weighted by atomic mass is 32.2. The highest BCUT2D eigenvalue weighted by Crippen LogP contribution is 2.31. The van der Waals surface area contributed by atoms with E-state index in [0.717, 1.165) is 28.2 Å². The number of nitrogens with zero attached hydrogens (tertiary/aromatic N) is 2. The third-order valence-corrected chi connectivity index (χ3v) is 5.53. The summed E-state index contributed by atoms with van der Waals surface area (Å²) >= 11 is 0.922. The van der Waals surface area contributed by atoms with Crippen molar-refractivity contribution in [3.63, 3.8) is 0 Å². The maximum Gasteiger partial charge on any atom is 0.293 e. The molecular weight excluding hydrogens is 386 g/mol. The molecule has 2 aromatic carbocycles. The molecule has 0 radical (unpaired) electrons. The molecule has 1 N–H and O–H groups in total. The highest BCUT2D eigenvalue weighted by Gasteiger charge is 2.34. The van der Waals surface area contributed by atoms with Gasteiger partial charge >= 0.3 is 0 Å². The first-order chi connectivity index (χ1) is 14.1. The van der Waals surface area contributed by atoms with Crippen LogP contribution in [0, 0.1) is 0 Å². The van der Waals surface area contributed by atoms with Crippen molar-refractivity contribution in [2.45, 2.75) is 6.54 Å². The van der Waals surface area contributed by atoms with Gasteiger partial charge in [0.15, 0.2) is 0 Å². The van der Waals surface area contributed by atoms with E-state index in [2.05, 4.69) is 5.32 Å². The summed E-state index contributed by atoms with van der Waals surface area (Å²) in [6.45, 7) is 0.549. The molecule has 3 amide bonds. The molecule has 7 heteroatoms. The summed E-state index contributed by atoms with van der Waals surface area (Å²) in [7, 11) is 0. The third kappa shape index (κ3) is 4.25. The van der Waals surface area contributed by atoms with Crippen molar-refractivity contribution in [2.75, 3.05) is 13.1 Å². The third-order valence-electron chi connectivity index (χ3n) is 4.62. The van der Waals surface area contributed by atoms with Crippen molar-refractivity contribution in [1.82, 2.24) is 14.8 Å². The van der Waals surface area contributed by atoms with Gasteiger partial charge in [-0.3, -0.25) is 19.3 Å². The summed E-state index contributed by atoms with van der Waals surface area (Å²) < 4.78 is 1.87. The quantitative estimate of drug-likeness (QED) is 0.637. The van der Waals surface area contributed by atoms with Crippen LogP contribution in [0.1, 0.15) is 5.56 Å².